The van der Waals surface area contributed by atoms with Gasteiger partial charge in [0.15, 0.2) is 0 Å². The van der Waals surface area contributed by atoms with Crippen LogP contribution in [0.3, 0.4) is 0 Å². The van der Waals surface area contributed by atoms with Crippen molar-refractivity contribution in [2.24, 2.45) is 5.73 Å². The van der Waals surface area contributed by atoms with Crippen molar-refractivity contribution in [3.05, 3.63) is 66.0 Å². The summed E-state index contributed by atoms with van der Waals surface area (Å²) in [6.45, 7) is 0. The highest BCUT2D eigenvalue weighted by Gasteiger charge is 2.14. The highest BCUT2D eigenvalue weighted by molar-refractivity contribution is 6.07. The molecule has 0 aliphatic rings. The molecule has 0 fully saturated rings. The fraction of sp³-hybridized carbons (Fsp3) is 0. The van der Waals surface area contributed by atoms with Crippen molar-refractivity contribution in [2.75, 3.05) is 5.32 Å². The minimum absolute atomic E-state index is 0.316. The third kappa shape index (κ3) is 3.05. The second-order valence-electron chi connectivity index (χ2n) is 4.67. The first kappa shape index (κ1) is 14.4. The first-order valence-electron chi connectivity index (χ1n) is 6.69. The van der Waals surface area contributed by atoms with Crippen molar-refractivity contribution in [1.29, 1.82) is 0 Å². The topological polar surface area (TPSA) is 116 Å². The van der Waals surface area contributed by atoms with E-state index in [1.54, 1.807) is 42.5 Å². The molecule has 23 heavy (non-hydrogen) atoms. The van der Waals surface area contributed by atoms with E-state index >= 15 is 0 Å². The van der Waals surface area contributed by atoms with Gasteiger partial charge in [0, 0.05) is 11.3 Å². The van der Waals surface area contributed by atoms with Crippen LogP contribution in [0.5, 0.6) is 0 Å². The van der Waals surface area contributed by atoms with E-state index in [1.807, 2.05) is 0 Å². The minimum atomic E-state index is -0.560. The Bertz CT molecular complexity index is 860. The Labute approximate surface area is 130 Å². The average molecular weight is 308 g/mol. The molecule has 0 spiro atoms. The zero-order valence-electron chi connectivity index (χ0n) is 11.9. The quantitative estimate of drug-likeness (QED) is 0.746. The number of hydrogen-bond donors (Lipinski definition) is 2. The van der Waals surface area contributed by atoms with Crippen LogP contribution in [0.25, 0.3) is 5.69 Å². The number of benzene rings is 2. The lowest BCUT2D eigenvalue weighted by Gasteiger charge is -2.10. The molecule has 0 aliphatic carbocycles. The van der Waals surface area contributed by atoms with Gasteiger partial charge in [-0.1, -0.05) is 18.2 Å². The Kier molecular flexibility index (Phi) is 3.79. The number of carbonyl (C=O) groups is 2. The van der Waals surface area contributed by atoms with E-state index in [0.717, 1.165) is 0 Å². The van der Waals surface area contributed by atoms with Gasteiger partial charge in [-0.15, -0.1) is 5.10 Å². The molecule has 3 N–H and O–H groups in total. The molecular weight excluding hydrogens is 296 g/mol. The van der Waals surface area contributed by atoms with Gasteiger partial charge >= 0.3 is 0 Å². The molecule has 0 aliphatic heterocycles. The Morgan fingerprint density at radius 2 is 1.91 bits per heavy atom. The molecule has 8 heteroatoms. The van der Waals surface area contributed by atoms with Crippen LogP contribution >= 0.6 is 0 Å². The number of nitrogens with zero attached hydrogens (tertiary/aromatic N) is 4. The highest BCUT2D eigenvalue weighted by atomic mass is 16.2. The smallest absolute Gasteiger partial charge is 0.257 e. The van der Waals surface area contributed by atoms with Gasteiger partial charge < -0.3 is 11.1 Å². The summed E-state index contributed by atoms with van der Waals surface area (Å²) in [4.78, 5) is 23.7. The third-order valence-corrected chi connectivity index (χ3v) is 3.15. The molecule has 3 rings (SSSR count). The molecule has 8 nitrogen and oxygen atoms in total. The molecule has 2 aromatic carbocycles. The number of nitrogens with two attached hydrogens (primary N) is 1. The number of tetrazole rings is 1. The zero-order chi connectivity index (χ0) is 16.2. The molecule has 0 saturated heterocycles. The lowest BCUT2D eigenvalue weighted by atomic mass is 10.1. The van der Waals surface area contributed by atoms with Crippen LogP contribution in [0, 0.1) is 0 Å². The van der Waals surface area contributed by atoms with Crippen LogP contribution in [-0.2, 0) is 0 Å². The Balaban J connectivity index is 1.90. The van der Waals surface area contributed by atoms with Gasteiger partial charge in [0.05, 0.1) is 11.3 Å². The number of amides is 2. The van der Waals surface area contributed by atoms with Crippen LogP contribution in [-0.4, -0.2) is 32.0 Å². The van der Waals surface area contributed by atoms with Crippen molar-refractivity contribution < 1.29 is 9.59 Å². The van der Waals surface area contributed by atoms with Crippen molar-refractivity contribution in [2.45, 2.75) is 0 Å². The lowest BCUT2D eigenvalue weighted by Crippen LogP contribution is -2.16. The zero-order valence-corrected chi connectivity index (χ0v) is 11.9. The van der Waals surface area contributed by atoms with Crippen LogP contribution in [0.2, 0.25) is 0 Å². The SMILES string of the molecule is NC(=O)c1cccc(NC(=O)c2ccccc2-n2cnnn2)c1. The van der Waals surface area contributed by atoms with Gasteiger partial charge in [-0.3, -0.25) is 9.59 Å². The van der Waals surface area contributed by atoms with Gasteiger partial charge in [0.1, 0.15) is 6.33 Å². The number of carbonyl (C=O) groups excluding carboxylic acids is 2. The van der Waals surface area contributed by atoms with Crippen LogP contribution in [0.15, 0.2) is 54.9 Å². The predicted molar refractivity (Wildman–Crippen MR) is 82.1 cm³/mol. The number of aromatic nitrogens is 4. The van der Waals surface area contributed by atoms with Crippen molar-refractivity contribution in [3.63, 3.8) is 0 Å². The number of rotatable bonds is 4. The fourth-order valence-corrected chi connectivity index (χ4v) is 2.09. The molecule has 3 aromatic rings. The molecule has 0 unspecified atom stereocenters. The number of nitrogens with one attached hydrogen (secondary N) is 1. The van der Waals surface area contributed by atoms with E-state index in [4.69, 9.17) is 5.73 Å². The van der Waals surface area contributed by atoms with E-state index in [2.05, 4.69) is 20.8 Å². The predicted octanol–water partition coefficient (Wildman–Crippen LogP) is 1.01. The van der Waals surface area contributed by atoms with Crippen molar-refractivity contribution in [3.8, 4) is 5.69 Å². The van der Waals surface area contributed by atoms with E-state index in [9.17, 15) is 9.59 Å². The van der Waals surface area contributed by atoms with Crippen LogP contribution < -0.4 is 11.1 Å². The summed E-state index contributed by atoms with van der Waals surface area (Å²) in [6.07, 6.45) is 1.40. The Morgan fingerprint density at radius 1 is 1.09 bits per heavy atom. The fourth-order valence-electron chi connectivity index (χ4n) is 2.09. The first-order chi connectivity index (χ1) is 11.1. The summed E-state index contributed by atoms with van der Waals surface area (Å²) in [5, 5.41) is 13.6. The molecular formula is C15H12N6O2. The van der Waals surface area contributed by atoms with E-state index < -0.39 is 5.91 Å². The maximum Gasteiger partial charge on any atom is 0.257 e. The molecule has 1 heterocycles. The molecule has 0 radical (unpaired) electrons. The summed E-state index contributed by atoms with van der Waals surface area (Å²) in [5.74, 6) is -0.909. The van der Waals surface area contributed by atoms with Gasteiger partial charge in [0.2, 0.25) is 5.91 Å². The second kappa shape index (κ2) is 6.06. The van der Waals surface area contributed by atoms with Gasteiger partial charge in [-0.2, -0.15) is 4.68 Å². The number of para-hydroxylation sites is 1. The number of primary amides is 1. The third-order valence-electron chi connectivity index (χ3n) is 3.15. The van der Waals surface area contributed by atoms with Crippen LogP contribution in [0.4, 0.5) is 5.69 Å². The Hall–Kier alpha value is -3.55. The Morgan fingerprint density at radius 3 is 2.65 bits per heavy atom. The first-order valence-corrected chi connectivity index (χ1v) is 6.69. The summed E-state index contributed by atoms with van der Waals surface area (Å²) in [6, 6.07) is 13.3. The number of hydrogen-bond acceptors (Lipinski definition) is 5. The second-order valence-corrected chi connectivity index (χ2v) is 4.67. The lowest BCUT2D eigenvalue weighted by molar-refractivity contribution is 0.0996. The van der Waals surface area contributed by atoms with Gasteiger partial charge in [-0.05, 0) is 40.8 Å². The van der Waals surface area contributed by atoms with Crippen LogP contribution in [0.1, 0.15) is 20.7 Å². The molecule has 0 saturated carbocycles. The summed E-state index contributed by atoms with van der Waals surface area (Å²) >= 11 is 0. The molecule has 114 valence electrons. The highest BCUT2D eigenvalue weighted by Crippen LogP contribution is 2.16. The van der Waals surface area contributed by atoms with Gasteiger partial charge in [-0.25, -0.2) is 0 Å². The summed E-state index contributed by atoms with van der Waals surface area (Å²) in [7, 11) is 0. The summed E-state index contributed by atoms with van der Waals surface area (Å²) in [5.41, 5.74) is 6.96. The number of anilines is 1. The molecule has 2 amide bonds. The standard InChI is InChI=1S/C15H12N6O2/c16-14(22)10-4-3-5-11(8-10)18-15(23)12-6-1-2-7-13(12)21-9-17-19-20-21/h1-9H,(H2,16,22)(H,18,23). The minimum Gasteiger partial charge on any atom is -0.366 e. The normalized spacial score (nSPS) is 10.3. The maximum absolute atomic E-state index is 12.5. The average Bonchev–Trinajstić information content (AvgIpc) is 3.09. The molecule has 0 bridgehead atoms. The maximum atomic E-state index is 12.5. The van der Waals surface area contributed by atoms with E-state index in [0.29, 0.717) is 22.5 Å². The molecule has 1 aromatic heterocycles. The van der Waals surface area contributed by atoms with Gasteiger partial charge in [0.25, 0.3) is 5.91 Å². The van der Waals surface area contributed by atoms with Crippen molar-refractivity contribution in [1.82, 2.24) is 20.2 Å². The monoisotopic (exact) mass is 308 g/mol. The van der Waals surface area contributed by atoms with E-state index in [1.165, 1.54) is 17.1 Å². The van der Waals surface area contributed by atoms with E-state index in [-0.39, 0.29) is 5.91 Å². The summed E-state index contributed by atoms with van der Waals surface area (Å²) < 4.78 is 1.40. The molecule has 0 atom stereocenters. The largest absolute Gasteiger partial charge is 0.366 e. The van der Waals surface area contributed by atoms with Crippen molar-refractivity contribution >= 4 is 17.5 Å².